The SMILES string of the molecule is CC[C@]12C=CC=C[C@H]1c1cccnc1N(COC)C2=O. The number of allylic oxidation sites excluding steroid dienone is 3. The minimum atomic E-state index is -0.511. The Morgan fingerprint density at radius 3 is 3.05 bits per heavy atom. The Hall–Kier alpha value is -1.94. The van der Waals surface area contributed by atoms with Crippen molar-refractivity contribution in [2.45, 2.75) is 19.3 Å². The topological polar surface area (TPSA) is 42.4 Å². The standard InChI is InChI=1S/C16H18N2O2/c1-3-16-9-5-4-8-13(16)12-7-6-10-17-14(12)18(11-20-2)15(16)19/h4-10,13H,3,11H2,1-2H3/t13-,16-/m0/s1. The van der Waals surface area contributed by atoms with Crippen molar-refractivity contribution in [1.82, 2.24) is 4.98 Å². The summed E-state index contributed by atoms with van der Waals surface area (Å²) in [5.41, 5.74) is 0.579. The molecule has 0 unspecified atom stereocenters. The molecule has 0 radical (unpaired) electrons. The maximum atomic E-state index is 13.0. The third-order valence-electron chi connectivity index (χ3n) is 4.26. The second kappa shape index (κ2) is 4.87. The van der Waals surface area contributed by atoms with E-state index in [-0.39, 0.29) is 18.6 Å². The molecule has 1 aromatic rings. The predicted molar refractivity (Wildman–Crippen MR) is 77.3 cm³/mol. The van der Waals surface area contributed by atoms with Crippen molar-refractivity contribution in [3.8, 4) is 0 Å². The molecule has 4 nitrogen and oxygen atoms in total. The molecule has 0 saturated heterocycles. The summed E-state index contributed by atoms with van der Waals surface area (Å²) in [6.45, 7) is 2.29. The number of pyridine rings is 1. The smallest absolute Gasteiger partial charge is 0.241 e. The highest BCUT2D eigenvalue weighted by atomic mass is 16.5. The van der Waals surface area contributed by atoms with Gasteiger partial charge in [-0.2, -0.15) is 0 Å². The van der Waals surface area contributed by atoms with Crippen LogP contribution in [0, 0.1) is 5.41 Å². The number of hydrogen-bond acceptors (Lipinski definition) is 3. The van der Waals surface area contributed by atoms with Crippen LogP contribution in [0.15, 0.2) is 42.6 Å². The Morgan fingerprint density at radius 2 is 2.30 bits per heavy atom. The number of aromatic nitrogens is 1. The lowest BCUT2D eigenvalue weighted by Gasteiger charge is -2.45. The van der Waals surface area contributed by atoms with Crippen molar-refractivity contribution in [3.63, 3.8) is 0 Å². The summed E-state index contributed by atoms with van der Waals surface area (Å²) in [4.78, 5) is 19.0. The van der Waals surface area contributed by atoms with Gasteiger partial charge in [0.25, 0.3) is 0 Å². The average Bonchev–Trinajstić information content (AvgIpc) is 2.51. The molecule has 0 saturated carbocycles. The number of carbonyl (C=O) groups is 1. The molecule has 3 rings (SSSR count). The molecular weight excluding hydrogens is 252 g/mol. The highest BCUT2D eigenvalue weighted by Crippen LogP contribution is 2.51. The number of amides is 1. The molecule has 0 bridgehead atoms. The first-order valence-electron chi connectivity index (χ1n) is 6.86. The summed E-state index contributed by atoms with van der Waals surface area (Å²) in [5, 5.41) is 0. The number of nitrogens with zero attached hydrogens (tertiary/aromatic N) is 2. The molecule has 1 aromatic heterocycles. The number of fused-ring (bicyclic) bond motifs is 3. The minimum absolute atomic E-state index is 0.0572. The van der Waals surface area contributed by atoms with Crippen LogP contribution in [0.5, 0.6) is 0 Å². The summed E-state index contributed by atoms with van der Waals surface area (Å²) in [7, 11) is 1.59. The quantitative estimate of drug-likeness (QED) is 0.848. The molecule has 20 heavy (non-hydrogen) atoms. The zero-order valence-electron chi connectivity index (χ0n) is 11.7. The first kappa shape index (κ1) is 13.1. The highest BCUT2D eigenvalue weighted by Gasteiger charge is 2.50. The van der Waals surface area contributed by atoms with Gasteiger partial charge in [-0.15, -0.1) is 0 Å². The molecule has 1 amide bonds. The fourth-order valence-electron chi connectivity index (χ4n) is 3.23. The van der Waals surface area contributed by atoms with E-state index in [1.54, 1.807) is 18.2 Å². The van der Waals surface area contributed by atoms with Gasteiger partial charge in [0.2, 0.25) is 5.91 Å². The fourth-order valence-corrected chi connectivity index (χ4v) is 3.23. The van der Waals surface area contributed by atoms with Gasteiger partial charge in [-0.3, -0.25) is 9.69 Å². The lowest BCUT2D eigenvalue weighted by atomic mass is 9.65. The number of methoxy groups -OCH3 is 1. The Labute approximate surface area is 118 Å². The first-order valence-corrected chi connectivity index (χ1v) is 6.86. The van der Waals surface area contributed by atoms with Gasteiger partial charge >= 0.3 is 0 Å². The lowest BCUT2D eigenvalue weighted by Crippen LogP contribution is -2.51. The summed E-state index contributed by atoms with van der Waals surface area (Å²) in [5.74, 6) is 0.842. The minimum Gasteiger partial charge on any atom is -0.364 e. The van der Waals surface area contributed by atoms with Crippen LogP contribution in [0.1, 0.15) is 24.8 Å². The summed E-state index contributed by atoms with van der Waals surface area (Å²) in [6, 6.07) is 3.97. The van der Waals surface area contributed by atoms with E-state index in [2.05, 4.69) is 24.1 Å². The molecule has 2 aliphatic rings. The van der Waals surface area contributed by atoms with E-state index in [4.69, 9.17) is 4.74 Å². The molecular formula is C16H18N2O2. The first-order chi connectivity index (χ1) is 9.74. The zero-order valence-corrected chi connectivity index (χ0v) is 11.7. The summed E-state index contributed by atoms with van der Waals surface area (Å²) >= 11 is 0. The normalized spacial score (nSPS) is 27.4. The van der Waals surface area contributed by atoms with Crippen molar-refractivity contribution in [2.75, 3.05) is 18.7 Å². The Kier molecular flexibility index (Phi) is 3.18. The van der Waals surface area contributed by atoms with Crippen molar-refractivity contribution < 1.29 is 9.53 Å². The highest BCUT2D eigenvalue weighted by molar-refractivity contribution is 6.02. The van der Waals surface area contributed by atoms with Crippen LogP contribution in [0.3, 0.4) is 0 Å². The number of anilines is 1. The van der Waals surface area contributed by atoms with Gasteiger partial charge in [-0.05, 0) is 12.5 Å². The molecule has 1 aliphatic heterocycles. The van der Waals surface area contributed by atoms with E-state index in [0.717, 1.165) is 12.0 Å². The predicted octanol–water partition coefficient (Wildman–Crippen LogP) is 2.64. The van der Waals surface area contributed by atoms with Gasteiger partial charge in [-0.1, -0.05) is 37.3 Å². The number of rotatable bonds is 3. The maximum Gasteiger partial charge on any atom is 0.241 e. The second-order valence-electron chi connectivity index (χ2n) is 5.18. The molecule has 104 valence electrons. The fraction of sp³-hybridized carbons (Fsp3) is 0.375. The van der Waals surface area contributed by atoms with Crippen LogP contribution < -0.4 is 4.90 Å². The van der Waals surface area contributed by atoms with Crippen LogP contribution in [0.25, 0.3) is 0 Å². The van der Waals surface area contributed by atoms with Crippen molar-refractivity contribution >= 4 is 11.7 Å². The lowest BCUT2D eigenvalue weighted by molar-refractivity contribution is -0.128. The molecule has 2 atom stereocenters. The van der Waals surface area contributed by atoms with E-state index in [0.29, 0.717) is 5.82 Å². The average molecular weight is 270 g/mol. The van der Waals surface area contributed by atoms with Gasteiger partial charge in [0, 0.05) is 24.8 Å². The van der Waals surface area contributed by atoms with Crippen molar-refractivity contribution in [1.29, 1.82) is 0 Å². The van der Waals surface area contributed by atoms with Crippen LogP contribution in [-0.4, -0.2) is 24.7 Å². The Bertz CT molecular complexity index is 594. The zero-order chi connectivity index (χ0) is 14.2. The van der Waals surface area contributed by atoms with E-state index in [1.807, 2.05) is 24.3 Å². The van der Waals surface area contributed by atoms with E-state index in [9.17, 15) is 4.79 Å². The van der Waals surface area contributed by atoms with Crippen molar-refractivity contribution in [3.05, 3.63) is 48.2 Å². The van der Waals surface area contributed by atoms with E-state index in [1.165, 1.54) is 0 Å². The summed E-state index contributed by atoms with van der Waals surface area (Å²) in [6.07, 6.45) is 10.6. The number of carbonyl (C=O) groups excluding carboxylic acids is 1. The molecule has 0 fully saturated rings. The monoisotopic (exact) mass is 270 g/mol. The third kappa shape index (κ3) is 1.64. The van der Waals surface area contributed by atoms with E-state index >= 15 is 0 Å². The molecule has 1 aliphatic carbocycles. The maximum absolute atomic E-state index is 13.0. The molecule has 0 spiro atoms. The molecule has 0 N–H and O–H groups in total. The largest absolute Gasteiger partial charge is 0.364 e. The van der Waals surface area contributed by atoms with Crippen LogP contribution in [-0.2, 0) is 9.53 Å². The number of hydrogen-bond donors (Lipinski definition) is 0. The van der Waals surface area contributed by atoms with Crippen LogP contribution >= 0.6 is 0 Å². The molecule has 2 heterocycles. The van der Waals surface area contributed by atoms with Crippen LogP contribution in [0.2, 0.25) is 0 Å². The van der Waals surface area contributed by atoms with Gasteiger partial charge in [0.05, 0.1) is 5.41 Å². The van der Waals surface area contributed by atoms with Gasteiger partial charge in [0.1, 0.15) is 12.5 Å². The van der Waals surface area contributed by atoms with Gasteiger partial charge < -0.3 is 4.74 Å². The molecule has 4 heteroatoms. The summed E-state index contributed by atoms with van der Waals surface area (Å²) < 4.78 is 5.20. The van der Waals surface area contributed by atoms with E-state index < -0.39 is 5.41 Å². The Balaban J connectivity index is 2.21. The van der Waals surface area contributed by atoms with Crippen LogP contribution in [0.4, 0.5) is 5.82 Å². The van der Waals surface area contributed by atoms with Gasteiger partial charge in [0.15, 0.2) is 0 Å². The van der Waals surface area contributed by atoms with Crippen molar-refractivity contribution in [2.24, 2.45) is 5.41 Å². The third-order valence-corrected chi connectivity index (χ3v) is 4.26. The molecule has 0 aromatic carbocycles. The van der Waals surface area contributed by atoms with Gasteiger partial charge in [-0.25, -0.2) is 4.98 Å². The number of ether oxygens (including phenoxy) is 1. The Morgan fingerprint density at radius 1 is 1.45 bits per heavy atom. The second-order valence-corrected chi connectivity index (χ2v) is 5.18.